The number of anilines is 2. The second-order valence-corrected chi connectivity index (χ2v) is 6.89. The van der Waals surface area contributed by atoms with E-state index in [1.165, 1.54) is 24.0 Å². The van der Waals surface area contributed by atoms with Gasteiger partial charge in [0.15, 0.2) is 0 Å². The number of halogens is 1. The first-order valence-corrected chi connectivity index (χ1v) is 9.16. The van der Waals surface area contributed by atoms with Gasteiger partial charge < -0.3 is 10.6 Å². The summed E-state index contributed by atoms with van der Waals surface area (Å²) in [5.41, 5.74) is 4.00. The predicted molar refractivity (Wildman–Crippen MR) is 108 cm³/mol. The maximum atomic E-state index is 13.6. The molecule has 144 valence electrons. The van der Waals surface area contributed by atoms with E-state index in [0.717, 1.165) is 11.3 Å². The average molecular weight is 378 g/mol. The van der Waals surface area contributed by atoms with Gasteiger partial charge >= 0.3 is 0 Å². The van der Waals surface area contributed by atoms with Crippen LogP contribution in [0.3, 0.4) is 0 Å². The van der Waals surface area contributed by atoms with E-state index in [9.17, 15) is 9.18 Å². The molecule has 2 aromatic carbocycles. The molecule has 1 amide bonds. The number of carbonyl (C=O) groups is 1. The first-order valence-electron chi connectivity index (χ1n) is 9.16. The van der Waals surface area contributed by atoms with Crippen molar-refractivity contribution in [3.05, 3.63) is 82.9 Å². The average Bonchev–Trinajstić information content (AvgIpc) is 2.69. The van der Waals surface area contributed by atoms with Crippen molar-refractivity contribution in [1.82, 2.24) is 15.3 Å². The van der Waals surface area contributed by atoms with Crippen molar-refractivity contribution < 1.29 is 9.18 Å². The lowest BCUT2D eigenvalue weighted by atomic mass is 9.98. The second kappa shape index (κ2) is 8.61. The number of rotatable bonds is 6. The van der Waals surface area contributed by atoms with Crippen LogP contribution < -0.4 is 10.6 Å². The van der Waals surface area contributed by atoms with E-state index >= 15 is 0 Å². The van der Waals surface area contributed by atoms with Crippen molar-refractivity contribution in [1.29, 1.82) is 0 Å². The Morgan fingerprint density at radius 3 is 2.46 bits per heavy atom. The van der Waals surface area contributed by atoms with Crippen molar-refractivity contribution in [2.45, 2.75) is 33.2 Å². The van der Waals surface area contributed by atoms with Gasteiger partial charge in [0.1, 0.15) is 5.82 Å². The summed E-state index contributed by atoms with van der Waals surface area (Å²) in [6.07, 6.45) is 2.92. The number of nitrogens with one attached hydrogen (secondary N) is 2. The Morgan fingerprint density at radius 2 is 1.79 bits per heavy atom. The molecule has 0 radical (unpaired) electrons. The molecular formula is C22H23FN4O. The van der Waals surface area contributed by atoms with Gasteiger partial charge in [-0.25, -0.2) is 14.4 Å². The molecule has 0 saturated heterocycles. The zero-order valence-electron chi connectivity index (χ0n) is 16.2. The first-order chi connectivity index (χ1) is 13.5. The maximum absolute atomic E-state index is 13.6. The number of hydrogen-bond donors (Lipinski definition) is 2. The lowest BCUT2D eigenvalue weighted by Gasteiger charge is -2.16. The van der Waals surface area contributed by atoms with Gasteiger partial charge in [-0.3, -0.25) is 4.79 Å². The van der Waals surface area contributed by atoms with Crippen LogP contribution in [0.25, 0.3) is 0 Å². The molecule has 6 heteroatoms. The molecule has 1 heterocycles. The number of amides is 1. The minimum absolute atomic E-state index is 0.104. The molecular weight excluding hydrogens is 355 g/mol. The quantitative estimate of drug-likeness (QED) is 0.651. The number of carbonyl (C=O) groups excluding carboxylic acids is 1. The highest BCUT2D eigenvalue weighted by molar-refractivity contribution is 5.93. The Labute approximate surface area is 164 Å². The minimum Gasteiger partial charge on any atom is -0.348 e. The monoisotopic (exact) mass is 378 g/mol. The highest BCUT2D eigenvalue weighted by atomic mass is 19.1. The molecule has 2 N–H and O–H groups in total. The van der Waals surface area contributed by atoms with Crippen molar-refractivity contribution in [3.63, 3.8) is 0 Å². The fraction of sp³-hybridized carbons (Fsp3) is 0.227. The van der Waals surface area contributed by atoms with Crippen LogP contribution >= 0.6 is 0 Å². The SMILES string of the molecule is Cc1cccc(C(C)C)c1Nc1ncc(C(=O)NCc2ccccc2F)cn1. The van der Waals surface area contributed by atoms with Crippen LogP contribution in [0.2, 0.25) is 0 Å². The van der Waals surface area contributed by atoms with E-state index in [0.29, 0.717) is 23.0 Å². The normalized spacial score (nSPS) is 10.8. The van der Waals surface area contributed by atoms with Crippen LogP contribution in [0, 0.1) is 12.7 Å². The van der Waals surface area contributed by atoms with E-state index in [4.69, 9.17) is 0 Å². The van der Waals surface area contributed by atoms with Crippen LogP contribution in [0.15, 0.2) is 54.9 Å². The predicted octanol–water partition coefficient (Wildman–Crippen LogP) is 4.72. The molecule has 28 heavy (non-hydrogen) atoms. The smallest absolute Gasteiger partial charge is 0.254 e. The molecule has 0 aliphatic heterocycles. The third kappa shape index (κ3) is 4.52. The summed E-state index contributed by atoms with van der Waals surface area (Å²) in [6, 6.07) is 12.5. The van der Waals surface area contributed by atoms with Crippen molar-refractivity contribution in [2.24, 2.45) is 0 Å². The molecule has 0 unspecified atom stereocenters. The Hall–Kier alpha value is -3.28. The summed E-state index contributed by atoms with van der Waals surface area (Å²) in [7, 11) is 0. The molecule has 0 aliphatic carbocycles. The van der Waals surface area contributed by atoms with Crippen LogP contribution in [0.4, 0.5) is 16.0 Å². The zero-order valence-corrected chi connectivity index (χ0v) is 16.2. The lowest BCUT2D eigenvalue weighted by molar-refractivity contribution is 0.0950. The molecule has 3 aromatic rings. The third-order valence-corrected chi connectivity index (χ3v) is 4.48. The Balaban J connectivity index is 1.69. The number of aryl methyl sites for hydroxylation is 1. The maximum Gasteiger partial charge on any atom is 0.254 e. The summed E-state index contributed by atoms with van der Waals surface area (Å²) in [6.45, 7) is 6.39. The third-order valence-electron chi connectivity index (χ3n) is 4.48. The van der Waals surface area contributed by atoms with Gasteiger partial charge in [0.05, 0.1) is 5.56 Å². The molecule has 0 saturated carbocycles. The highest BCUT2D eigenvalue weighted by Crippen LogP contribution is 2.29. The fourth-order valence-corrected chi connectivity index (χ4v) is 2.88. The van der Waals surface area contributed by atoms with E-state index in [2.05, 4.69) is 40.5 Å². The Bertz CT molecular complexity index is 971. The number of para-hydroxylation sites is 1. The number of aromatic nitrogens is 2. The molecule has 0 fully saturated rings. The number of hydrogen-bond acceptors (Lipinski definition) is 4. The van der Waals surface area contributed by atoms with Crippen molar-refractivity contribution in [2.75, 3.05) is 5.32 Å². The number of benzene rings is 2. The lowest BCUT2D eigenvalue weighted by Crippen LogP contribution is -2.23. The van der Waals surface area contributed by atoms with E-state index in [-0.39, 0.29) is 18.3 Å². The zero-order chi connectivity index (χ0) is 20.1. The van der Waals surface area contributed by atoms with E-state index in [1.807, 2.05) is 19.1 Å². The van der Waals surface area contributed by atoms with E-state index < -0.39 is 0 Å². The van der Waals surface area contributed by atoms with Gasteiger partial charge in [-0.2, -0.15) is 0 Å². The highest BCUT2D eigenvalue weighted by Gasteiger charge is 2.12. The van der Waals surface area contributed by atoms with Gasteiger partial charge in [-0.05, 0) is 30.0 Å². The first kappa shape index (κ1) is 19.5. The van der Waals surface area contributed by atoms with Gasteiger partial charge in [-0.15, -0.1) is 0 Å². The minimum atomic E-state index is -0.353. The Morgan fingerprint density at radius 1 is 1.07 bits per heavy atom. The van der Waals surface area contributed by atoms with Gasteiger partial charge in [0, 0.05) is 30.2 Å². The summed E-state index contributed by atoms with van der Waals surface area (Å²) < 4.78 is 13.6. The molecule has 1 aromatic heterocycles. The van der Waals surface area contributed by atoms with E-state index in [1.54, 1.807) is 18.2 Å². The van der Waals surface area contributed by atoms with Crippen molar-refractivity contribution in [3.8, 4) is 0 Å². The van der Waals surface area contributed by atoms with Crippen LogP contribution in [-0.2, 0) is 6.54 Å². The molecule has 3 rings (SSSR count). The summed E-state index contributed by atoms with van der Waals surface area (Å²) >= 11 is 0. The summed E-state index contributed by atoms with van der Waals surface area (Å²) in [4.78, 5) is 20.8. The van der Waals surface area contributed by atoms with Gasteiger partial charge in [0.2, 0.25) is 5.95 Å². The molecule has 0 atom stereocenters. The van der Waals surface area contributed by atoms with Crippen molar-refractivity contribution >= 4 is 17.5 Å². The van der Waals surface area contributed by atoms with Crippen LogP contribution in [-0.4, -0.2) is 15.9 Å². The summed E-state index contributed by atoms with van der Waals surface area (Å²) in [5, 5.41) is 5.93. The number of nitrogens with zero attached hydrogens (tertiary/aromatic N) is 2. The van der Waals surface area contributed by atoms with Crippen LogP contribution in [0.1, 0.15) is 46.8 Å². The summed E-state index contributed by atoms with van der Waals surface area (Å²) in [5.74, 6) is 0.0686. The van der Waals surface area contributed by atoms with Gasteiger partial charge in [0.25, 0.3) is 5.91 Å². The molecule has 5 nitrogen and oxygen atoms in total. The topological polar surface area (TPSA) is 66.9 Å². The largest absolute Gasteiger partial charge is 0.348 e. The Kier molecular flexibility index (Phi) is 5.99. The van der Waals surface area contributed by atoms with Gasteiger partial charge in [-0.1, -0.05) is 50.2 Å². The molecule has 0 spiro atoms. The fourth-order valence-electron chi connectivity index (χ4n) is 2.88. The molecule has 0 aliphatic rings. The standard InChI is InChI=1S/C22H23FN4O/c1-14(2)18-9-6-7-15(3)20(18)27-22-25-12-17(13-26-22)21(28)24-11-16-8-4-5-10-19(16)23/h4-10,12-14H,11H2,1-3H3,(H,24,28)(H,25,26,27). The molecule has 0 bridgehead atoms. The van der Waals surface area contributed by atoms with Crippen LogP contribution in [0.5, 0.6) is 0 Å². The second-order valence-electron chi connectivity index (χ2n) is 6.89.